The summed E-state index contributed by atoms with van der Waals surface area (Å²) < 4.78 is 5.35. The monoisotopic (exact) mass is 329 g/mol. The van der Waals surface area contributed by atoms with E-state index in [1.807, 2.05) is 6.92 Å². The van der Waals surface area contributed by atoms with Gasteiger partial charge >= 0.3 is 0 Å². The number of likely N-dealkylation sites (N-methyl/N-ethyl adjacent to an activating group) is 1. The Morgan fingerprint density at radius 2 is 1.86 bits per heavy atom. The molecule has 0 saturated carbocycles. The molecular weight excluding hydrogens is 306 g/mol. The van der Waals surface area contributed by atoms with Crippen molar-refractivity contribution < 1.29 is 14.3 Å². The summed E-state index contributed by atoms with van der Waals surface area (Å²) in [5, 5.41) is 2.78. The Morgan fingerprint density at radius 1 is 1.27 bits per heavy atom. The SMILES string of the molecule is CC(N)CCC(=O)Nc1ccc(OCC(=O)N(C)C)cc1.Cl. The first-order valence-corrected chi connectivity index (χ1v) is 6.87. The van der Waals surface area contributed by atoms with Gasteiger partial charge in [-0.2, -0.15) is 0 Å². The Bertz CT molecular complexity index is 475. The molecule has 0 heterocycles. The number of nitrogens with two attached hydrogens (primary N) is 1. The smallest absolute Gasteiger partial charge is 0.259 e. The van der Waals surface area contributed by atoms with Gasteiger partial charge in [0.1, 0.15) is 5.75 Å². The molecule has 0 radical (unpaired) electrons. The molecule has 0 fully saturated rings. The van der Waals surface area contributed by atoms with E-state index < -0.39 is 0 Å². The number of ether oxygens (including phenoxy) is 1. The zero-order valence-corrected chi connectivity index (χ0v) is 14.0. The van der Waals surface area contributed by atoms with E-state index in [1.165, 1.54) is 4.90 Å². The molecule has 2 amide bonds. The fourth-order valence-electron chi connectivity index (χ4n) is 1.49. The molecule has 1 atom stereocenters. The van der Waals surface area contributed by atoms with Crippen LogP contribution >= 0.6 is 12.4 Å². The molecule has 0 aliphatic heterocycles. The zero-order valence-electron chi connectivity index (χ0n) is 13.2. The maximum atomic E-state index is 11.6. The fourth-order valence-corrected chi connectivity index (χ4v) is 1.49. The van der Waals surface area contributed by atoms with E-state index in [4.69, 9.17) is 10.5 Å². The van der Waals surface area contributed by atoms with Crippen LogP contribution in [0.2, 0.25) is 0 Å². The third kappa shape index (κ3) is 7.85. The molecule has 0 saturated heterocycles. The van der Waals surface area contributed by atoms with Crippen LogP contribution in [-0.4, -0.2) is 43.5 Å². The number of nitrogens with one attached hydrogen (secondary N) is 1. The molecule has 0 aliphatic carbocycles. The normalized spacial score (nSPS) is 11.1. The van der Waals surface area contributed by atoms with Gasteiger partial charge in [0.25, 0.3) is 5.91 Å². The lowest BCUT2D eigenvalue weighted by molar-refractivity contribution is -0.130. The Morgan fingerprint density at radius 3 is 2.36 bits per heavy atom. The molecule has 7 heteroatoms. The topological polar surface area (TPSA) is 84.7 Å². The zero-order chi connectivity index (χ0) is 15.8. The van der Waals surface area contributed by atoms with Gasteiger partial charge in [0.05, 0.1) is 0 Å². The van der Waals surface area contributed by atoms with Crippen molar-refractivity contribution in [3.63, 3.8) is 0 Å². The van der Waals surface area contributed by atoms with Crippen LogP contribution < -0.4 is 15.8 Å². The summed E-state index contributed by atoms with van der Waals surface area (Å²) in [6.45, 7) is 1.86. The van der Waals surface area contributed by atoms with Crippen molar-refractivity contribution >= 4 is 29.9 Å². The highest BCUT2D eigenvalue weighted by Crippen LogP contribution is 2.16. The highest BCUT2D eigenvalue weighted by atomic mass is 35.5. The van der Waals surface area contributed by atoms with Crippen LogP contribution in [0.15, 0.2) is 24.3 Å². The number of hydrogen-bond donors (Lipinski definition) is 2. The van der Waals surface area contributed by atoms with Gasteiger partial charge in [0.2, 0.25) is 5.91 Å². The number of carbonyl (C=O) groups excluding carboxylic acids is 2. The molecule has 124 valence electrons. The molecule has 22 heavy (non-hydrogen) atoms. The van der Waals surface area contributed by atoms with Gasteiger partial charge in [-0.05, 0) is 37.6 Å². The number of nitrogens with zero attached hydrogens (tertiary/aromatic N) is 1. The minimum Gasteiger partial charge on any atom is -0.484 e. The molecule has 0 aliphatic rings. The molecular formula is C15H24ClN3O3. The number of rotatable bonds is 7. The van der Waals surface area contributed by atoms with Crippen molar-refractivity contribution in [2.45, 2.75) is 25.8 Å². The van der Waals surface area contributed by atoms with Gasteiger partial charge in [-0.25, -0.2) is 0 Å². The van der Waals surface area contributed by atoms with E-state index in [-0.39, 0.29) is 36.9 Å². The van der Waals surface area contributed by atoms with Crippen molar-refractivity contribution in [1.82, 2.24) is 4.90 Å². The van der Waals surface area contributed by atoms with Crippen LogP contribution in [0.3, 0.4) is 0 Å². The largest absolute Gasteiger partial charge is 0.484 e. The molecule has 3 N–H and O–H groups in total. The summed E-state index contributed by atoms with van der Waals surface area (Å²) in [5.41, 5.74) is 6.30. The summed E-state index contributed by atoms with van der Waals surface area (Å²) in [6, 6.07) is 6.91. The summed E-state index contributed by atoms with van der Waals surface area (Å²) >= 11 is 0. The Labute approximate surface area is 137 Å². The minimum absolute atomic E-state index is 0. The first-order chi connectivity index (χ1) is 9.88. The fraction of sp³-hybridized carbons (Fsp3) is 0.467. The van der Waals surface area contributed by atoms with Crippen LogP contribution in [0.1, 0.15) is 19.8 Å². The minimum atomic E-state index is -0.108. The van der Waals surface area contributed by atoms with E-state index >= 15 is 0 Å². The van der Waals surface area contributed by atoms with E-state index in [0.29, 0.717) is 24.3 Å². The molecule has 1 aromatic carbocycles. The number of amides is 2. The van der Waals surface area contributed by atoms with Crippen LogP contribution in [0, 0.1) is 0 Å². The van der Waals surface area contributed by atoms with Crippen molar-refractivity contribution in [2.24, 2.45) is 5.73 Å². The molecule has 6 nitrogen and oxygen atoms in total. The standard InChI is InChI=1S/C15H23N3O3.ClH/c1-11(16)4-9-14(19)17-12-5-7-13(8-6-12)21-10-15(20)18(2)3;/h5-8,11H,4,9-10,16H2,1-3H3,(H,17,19);1H. The summed E-state index contributed by atoms with van der Waals surface area (Å²) in [7, 11) is 3.35. The molecule has 0 aromatic heterocycles. The molecule has 1 unspecified atom stereocenters. The summed E-state index contributed by atoms with van der Waals surface area (Å²) in [4.78, 5) is 24.5. The second kappa shape index (κ2) is 10.0. The van der Waals surface area contributed by atoms with Gasteiger partial charge in [-0.15, -0.1) is 12.4 Å². The quantitative estimate of drug-likeness (QED) is 0.796. The van der Waals surface area contributed by atoms with Gasteiger partial charge in [0.15, 0.2) is 6.61 Å². The second-order valence-electron chi connectivity index (χ2n) is 5.17. The van der Waals surface area contributed by atoms with Gasteiger partial charge in [0, 0.05) is 32.2 Å². The lowest BCUT2D eigenvalue weighted by atomic mass is 10.2. The highest BCUT2D eigenvalue weighted by molar-refractivity contribution is 5.90. The first-order valence-electron chi connectivity index (χ1n) is 6.87. The Kier molecular flexibility index (Phi) is 9.21. The first kappa shape index (κ1) is 20.2. The van der Waals surface area contributed by atoms with Crippen LogP contribution in [-0.2, 0) is 9.59 Å². The van der Waals surface area contributed by atoms with Gasteiger partial charge < -0.3 is 20.7 Å². The molecule has 0 spiro atoms. The molecule has 1 rings (SSSR count). The average Bonchev–Trinajstić information content (AvgIpc) is 2.44. The third-order valence-electron chi connectivity index (χ3n) is 2.83. The van der Waals surface area contributed by atoms with Crippen LogP contribution in [0.25, 0.3) is 0 Å². The Balaban J connectivity index is 0.00000441. The highest BCUT2D eigenvalue weighted by Gasteiger charge is 2.06. The van der Waals surface area contributed by atoms with Crippen molar-refractivity contribution in [3.8, 4) is 5.75 Å². The summed E-state index contributed by atoms with van der Waals surface area (Å²) in [6.07, 6.45) is 1.05. The molecule has 0 bridgehead atoms. The lowest BCUT2D eigenvalue weighted by Gasteiger charge is -2.12. The number of carbonyl (C=O) groups is 2. The maximum absolute atomic E-state index is 11.6. The second-order valence-corrected chi connectivity index (χ2v) is 5.17. The molecule has 1 aromatic rings. The van der Waals surface area contributed by atoms with Crippen LogP contribution in [0.4, 0.5) is 5.69 Å². The van der Waals surface area contributed by atoms with Crippen molar-refractivity contribution in [2.75, 3.05) is 26.0 Å². The number of anilines is 1. The van der Waals surface area contributed by atoms with Gasteiger partial charge in [-0.1, -0.05) is 0 Å². The van der Waals surface area contributed by atoms with E-state index in [1.54, 1.807) is 38.4 Å². The average molecular weight is 330 g/mol. The van der Waals surface area contributed by atoms with Crippen molar-refractivity contribution in [1.29, 1.82) is 0 Å². The number of halogens is 1. The predicted octanol–water partition coefficient (Wildman–Crippen LogP) is 1.64. The van der Waals surface area contributed by atoms with E-state index in [0.717, 1.165) is 0 Å². The lowest BCUT2D eigenvalue weighted by Crippen LogP contribution is -2.27. The number of hydrogen-bond acceptors (Lipinski definition) is 4. The predicted molar refractivity (Wildman–Crippen MR) is 89.4 cm³/mol. The maximum Gasteiger partial charge on any atom is 0.259 e. The Hall–Kier alpha value is -1.79. The van der Waals surface area contributed by atoms with E-state index in [9.17, 15) is 9.59 Å². The van der Waals surface area contributed by atoms with Crippen LogP contribution in [0.5, 0.6) is 5.75 Å². The number of benzene rings is 1. The summed E-state index contributed by atoms with van der Waals surface area (Å²) in [5.74, 6) is 0.408. The van der Waals surface area contributed by atoms with Gasteiger partial charge in [-0.3, -0.25) is 9.59 Å². The third-order valence-corrected chi connectivity index (χ3v) is 2.83. The van der Waals surface area contributed by atoms with E-state index in [2.05, 4.69) is 5.32 Å². The van der Waals surface area contributed by atoms with Crippen molar-refractivity contribution in [3.05, 3.63) is 24.3 Å².